The van der Waals surface area contributed by atoms with Gasteiger partial charge in [0, 0.05) is 6.20 Å². The molecule has 0 spiro atoms. The van der Waals surface area contributed by atoms with E-state index in [1.54, 1.807) is 0 Å². The average Bonchev–Trinajstić information content (AvgIpc) is 2.26. The van der Waals surface area contributed by atoms with Crippen LogP contribution in [-0.2, 0) is 0 Å². The highest BCUT2D eigenvalue weighted by Gasteiger charge is 1.83. The highest BCUT2D eigenvalue weighted by Crippen LogP contribution is 2.03. The van der Waals surface area contributed by atoms with Crippen molar-refractivity contribution < 1.29 is 0 Å². The van der Waals surface area contributed by atoms with Gasteiger partial charge in [-0.3, -0.25) is 0 Å². The Kier molecular flexibility index (Phi) is 11.6. The lowest BCUT2D eigenvalue weighted by Crippen LogP contribution is -1.73. The molecule has 0 saturated heterocycles. The van der Waals surface area contributed by atoms with E-state index >= 15 is 0 Å². The van der Waals surface area contributed by atoms with Gasteiger partial charge in [0.2, 0.25) is 0 Å². The van der Waals surface area contributed by atoms with E-state index in [-0.39, 0.29) is 0 Å². The largest absolute Gasteiger partial charge is 0.136 e. The molecule has 0 heterocycles. The van der Waals surface area contributed by atoms with Gasteiger partial charge in [-0.15, -0.1) is 10.0 Å². The maximum Gasteiger partial charge on any atom is 0.100 e. The third-order valence-corrected chi connectivity index (χ3v) is 1.92. The second-order valence-electron chi connectivity index (χ2n) is 3.23. The Balaban J connectivity index is 3.27. The lowest BCUT2D eigenvalue weighted by molar-refractivity contribution is 0.674. The number of nitroso groups, excluding NO2 is 1. The van der Waals surface area contributed by atoms with Gasteiger partial charge < -0.3 is 0 Å². The summed E-state index contributed by atoms with van der Waals surface area (Å²) >= 11 is 0. The van der Waals surface area contributed by atoms with Crippen LogP contribution in [0.25, 0.3) is 0 Å². The first-order valence-corrected chi connectivity index (χ1v) is 5.44. The second-order valence-corrected chi connectivity index (χ2v) is 3.23. The fraction of sp³-hybridized carbons (Fsp3) is 0.636. The standard InChI is InChI=1S/C11H19N3O/c1-2-3-4-5-6-7-8-9-10-11-12-13-14-15/h7-8,10-11H,2-6,9H2,1H3/b8-7?,11-10+,13-12?. The van der Waals surface area contributed by atoms with Crippen molar-refractivity contribution in [2.45, 2.75) is 45.4 Å². The van der Waals surface area contributed by atoms with Gasteiger partial charge in [-0.2, -0.15) is 0 Å². The zero-order valence-electron chi connectivity index (χ0n) is 9.30. The molecule has 0 rings (SSSR count). The molecular formula is C11H19N3O. The Bertz CT molecular complexity index is 222. The molecule has 84 valence electrons. The third-order valence-electron chi connectivity index (χ3n) is 1.92. The summed E-state index contributed by atoms with van der Waals surface area (Å²) in [4.78, 5) is 9.51. The summed E-state index contributed by atoms with van der Waals surface area (Å²) in [7, 11) is 0. The van der Waals surface area contributed by atoms with E-state index in [0.29, 0.717) is 0 Å². The molecule has 0 N–H and O–H groups in total. The van der Waals surface area contributed by atoms with E-state index in [4.69, 9.17) is 0 Å². The van der Waals surface area contributed by atoms with Crippen LogP contribution in [0, 0.1) is 4.91 Å². The maximum atomic E-state index is 9.51. The minimum Gasteiger partial charge on any atom is -0.136 e. The maximum absolute atomic E-state index is 9.51. The van der Waals surface area contributed by atoms with Crippen molar-refractivity contribution in [2.24, 2.45) is 15.6 Å². The van der Waals surface area contributed by atoms with E-state index in [1.165, 1.54) is 31.9 Å². The van der Waals surface area contributed by atoms with Crippen molar-refractivity contribution in [1.29, 1.82) is 0 Å². The van der Waals surface area contributed by atoms with Gasteiger partial charge in [-0.1, -0.05) is 44.4 Å². The number of nitrogens with zero attached hydrogens (tertiary/aromatic N) is 3. The molecule has 0 radical (unpaired) electrons. The van der Waals surface area contributed by atoms with Crippen LogP contribution in [0.4, 0.5) is 0 Å². The van der Waals surface area contributed by atoms with Crippen molar-refractivity contribution in [3.05, 3.63) is 29.3 Å². The zero-order valence-corrected chi connectivity index (χ0v) is 9.30. The summed E-state index contributed by atoms with van der Waals surface area (Å²) in [6, 6.07) is 0. The molecule has 0 aromatic heterocycles. The fourth-order valence-corrected chi connectivity index (χ4v) is 1.14. The molecule has 4 nitrogen and oxygen atoms in total. The molecule has 0 aliphatic carbocycles. The summed E-state index contributed by atoms with van der Waals surface area (Å²) in [5.41, 5.74) is 0. The molecule has 15 heavy (non-hydrogen) atoms. The Morgan fingerprint density at radius 2 is 1.93 bits per heavy atom. The van der Waals surface area contributed by atoms with Crippen molar-refractivity contribution in [2.75, 3.05) is 0 Å². The smallest absolute Gasteiger partial charge is 0.100 e. The van der Waals surface area contributed by atoms with Crippen LogP contribution in [0.5, 0.6) is 0 Å². The summed E-state index contributed by atoms with van der Waals surface area (Å²) in [5, 5.41) is 8.55. The molecule has 0 bridgehead atoms. The topological polar surface area (TPSA) is 54.1 Å². The minimum atomic E-state index is 0.825. The first-order valence-electron chi connectivity index (χ1n) is 5.44. The van der Waals surface area contributed by atoms with E-state index < -0.39 is 0 Å². The molecule has 0 aliphatic heterocycles. The second kappa shape index (κ2) is 12.7. The zero-order chi connectivity index (χ0) is 11.2. The van der Waals surface area contributed by atoms with Gasteiger partial charge in [0.05, 0.1) is 0 Å². The molecule has 0 unspecified atom stereocenters. The third kappa shape index (κ3) is 12.7. The number of allylic oxidation sites excluding steroid dienone is 3. The Morgan fingerprint density at radius 1 is 1.07 bits per heavy atom. The molecule has 0 saturated carbocycles. The van der Waals surface area contributed by atoms with E-state index in [0.717, 1.165) is 12.8 Å². The number of rotatable bonds is 9. The molecule has 0 aromatic rings. The predicted molar refractivity (Wildman–Crippen MR) is 62.3 cm³/mol. The van der Waals surface area contributed by atoms with Crippen molar-refractivity contribution in [3.63, 3.8) is 0 Å². The molecule has 0 amide bonds. The van der Waals surface area contributed by atoms with Crippen molar-refractivity contribution >= 4 is 0 Å². The minimum absolute atomic E-state index is 0.825. The van der Waals surface area contributed by atoms with Gasteiger partial charge in [0.25, 0.3) is 0 Å². The average molecular weight is 209 g/mol. The van der Waals surface area contributed by atoms with Crippen LogP contribution in [0.15, 0.2) is 40.1 Å². The normalized spacial score (nSPS) is 12.1. The van der Waals surface area contributed by atoms with Gasteiger partial charge in [0.15, 0.2) is 0 Å². The van der Waals surface area contributed by atoms with Crippen molar-refractivity contribution in [1.82, 2.24) is 0 Å². The van der Waals surface area contributed by atoms with Crippen LogP contribution in [0.2, 0.25) is 0 Å². The van der Waals surface area contributed by atoms with Crippen molar-refractivity contribution in [3.8, 4) is 0 Å². The summed E-state index contributed by atoms with van der Waals surface area (Å²) in [6.07, 6.45) is 14.7. The van der Waals surface area contributed by atoms with Crippen LogP contribution in [-0.4, -0.2) is 0 Å². The Labute approximate surface area is 91.1 Å². The lowest BCUT2D eigenvalue weighted by atomic mass is 10.1. The predicted octanol–water partition coefficient (Wildman–Crippen LogP) is 4.55. The first-order chi connectivity index (χ1) is 7.41. The van der Waals surface area contributed by atoms with Crippen LogP contribution < -0.4 is 0 Å². The van der Waals surface area contributed by atoms with E-state index in [9.17, 15) is 4.91 Å². The van der Waals surface area contributed by atoms with Gasteiger partial charge in [0.1, 0.15) is 5.29 Å². The van der Waals surface area contributed by atoms with Gasteiger partial charge >= 0.3 is 0 Å². The Morgan fingerprint density at radius 3 is 2.67 bits per heavy atom. The Hall–Kier alpha value is -1.32. The van der Waals surface area contributed by atoms with E-state index in [2.05, 4.69) is 34.7 Å². The fourth-order valence-electron chi connectivity index (χ4n) is 1.14. The highest BCUT2D eigenvalue weighted by atomic mass is 16.3. The van der Waals surface area contributed by atoms with E-state index in [1.807, 2.05) is 6.08 Å². The van der Waals surface area contributed by atoms with Crippen LogP contribution >= 0.6 is 0 Å². The summed E-state index contributed by atoms with van der Waals surface area (Å²) in [5.74, 6) is 0. The summed E-state index contributed by atoms with van der Waals surface area (Å²) in [6.45, 7) is 2.21. The molecule has 0 aliphatic rings. The highest BCUT2D eigenvalue weighted by molar-refractivity contribution is 4.91. The van der Waals surface area contributed by atoms with Gasteiger partial charge in [-0.25, -0.2) is 0 Å². The molecule has 0 atom stereocenters. The lowest BCUT2D eigenvalue weighted by Gasteiger charge is -1.93. The molecule has 0 aromatic carbocycles. The monoisotopic (exact) mass is 209 g/mol. The number of hydrogen-bond donors (Lipinski definition) is 0. The van der Waals surface area contributed by atoms with Gasteiger partial charge in [-0.05, 0) is 24.5 Å². The van der Waals surface area contributed by atoms with Crippen LogP contribution in [0.1, 0.15) is 45.4 Å². The van der Waals surface area contributed by atoms with Crippen LogP contribution in [0.3, 0.4) is 0 Å². The summed E-state index contributed by atoms with van der Waals surface area (Å²) < 4.78 is 0. The molecular weight excluding hydrogens is 190 g/mol. The SMILES string of the molecule is CCCCCCC=CC/C=C/N=NN=O. The first kappa shape index (κ1) is 13.7. The molecule has 4 heteroatoms. The quantitative estimate of drug-likeness (QED) is 0.181. The molecule has 0 fully saturated rings. The number of unbranched alkanes of at least 4 members (excludes halogenated alkanes) is 4. The number of hydrogen-bond acceptors (Lipinski definition) is 2.